The zero-order chi connectivity index (χ0) is 13.0. The summed E-state index contributed by atoms with van der Waals surface area (Å²) in [6.45, 7) is 4.18. The first-order chi connectivity index (χ1) is 8.76. The maximum absolute atomic E-state index is 12.5. The number of carbonyl (C=O) groups excluding carboxylic acids is 1. The fourth-order valence-electron chi connectivity index (χ4n) is 2.63. The van der Waals surface area contributed by atoms with Gasteiger partial charge in [0, 0.05) is 5.56 Å². The Balaban J connectivity index is 2.11. The Morgan fingerprint density at radius 2 is 1.89 bits per heavy atom. The van der Waals surface area contributed by atoms with Crippen molar-refractivity contribution in [2.45, 2.75) is 38.8 Å². The topological polar surface area (TPSA) is 40.5 Å². The lowest BCUT2D eigenvalue weighted by molar-refractivity contribution is 0.0844. The van der Waals surface area contributed by atoms with Gasteiger partial charge in [-0.15, -0.1) is 0 Å². The maximum atomic E-state index is 12.5. The summed E-state index contributed by atoms with van der Waals surface area (Å²) in [4.78, 5) is 14.8. The van der Waals surface area contributed by atoms with Crippen LogP contribution < -0.4 is 0 Å². The first-order valence-electron chi connectivity index (χ1n) is 6.74. The van der Waals surface area contributed by atoms with Crippen molar-refractivity contribution in [1.29, 1.82) is 0 Å². The minimum absolute atomic E-state index is 0.0208. The number of aliphatic hydroxyl groups is 1. The molecule has 0 bridgehead atoms. The average Bonchev–Trinajstić information content (AvgIpc) is 2.93. The first-order valence-corrected chi connectivity index (χ1v) is 6.74. The van der Waals surface area contributed by atoms with Gasteiger partial charge in [-0.2, -0.15) is 0 Å². The van der Waals surface area contributed by atoms with Crippen LogP contribution in [-0.2, 0) is 6.61 Å². The molecular weight excluding hydrogens is 226 g/mol. The maximum Gasteiger partial charge on any atom is 0.179 e. The normalized spacial score (nSPS) is 17.9. The Hall–Kier alpha value is -1.19. The molecule has 1 saturated heterocycles. The van der Waals surface area contributed by atoms with Gasteiger partial charge in [0.2, 0.25) is 0 Å². The van der Waals surface area contributed by atoms with E-state index in [1.54, 1.807) is 0 Å². The van der Waals surface area contributed by atoms with Crippen LogP contribution in [0.5, 0.6) is 0 Å². The number of benzene rings is 1. The highest BCUT2D eigenvalue weighted by Gasteiger charge is 2.27. The van der Waals surface area contributed by atoms with Crippen molar-refractivity contribution < 1.29 is 9.90 Å². The van der Waals surface area contributed by atoms with E-state index in [1.165, 1.54) is 12.8 Å². The molecule has 0 aromatic heterocycles. The van der Waals surface area contributed by atoms with E-state index in [-0.39, 0.29) is 18.4 Å². The van der Waals surface area contributed by atoms with Crippen LogP contribution in [0, 0.1) is 0 Å². The molecular formula is C15H21NO2. The number of hydrogen-bond donors (Lipinski definition) is 1. The Bertz CT molecular complexity index is 393. The van der Waals surface area contributed by atoms with Gasteiger partial charge in [0.15, 0.2) is 5.78 Å². The number of rotatable bonds is 5. The summed E-state index contributed by atoms with van der Waals surface area (Å²) in [5.41, 5.74) is 1.60. The molecule has 3 heteroatoms. The van der Waals surface area contributed by atoms with Crippen molar-refractivity contribution in [1.82, 2.24) is 4.90 Å². The highest BCUT2D eigenvalue weighted by atomic mass is 16.3. The number of aliphatic hydroxyl groups excluding tert-OH is 1. The van der Waals surface area contributed by atoms with Gasteiger partial charge in [0.05, 0.1) is 12.6 Å². The zero-order valence-corrected chi connectivity index (χ0v) is 10.9. The van der Waals surface area contributed by atoms with Gasteiger partial charge >= 0.3 is 0 Å². The van der Waals surface area contributed by atoms with E-state index >= 15 is 0 Å². The molecule has 3 nitrogen and oxygen atoms in total. The van der Waals surface area contributed by atoms with Crippen molar-refractivity contribution >= 4 is 5.78 Å². The lowest BCUT2D eigenvalue weighted by atomic mass is 10.00. The SMILES string of the molecule is CCC(C(=O)c1ccc(CO)cc1)N1CCCC1. The van der Waals surface area contributed by atoms with Gasteiger partial charge in [0.25, 0.3) is 0 Å². The molecule has 1 fully saturated rings. The molecule has 0 saturated carbocycles. The van der Waals surface area contributed by atoms with Gasteiger partial charge in [-0.3, -0.25) is 9.69 Å². The molecule has 1 aromatic rings. The van der Waals surface area contributed by atoms with Crippen molar-refractivity contribution in [2.75, 3.05) is 13.1 Å². The number of hydrogen-bond acceptors (Lipinski definition) is 3. The quantitative estimate of drug-likeness (QED) is 0.811. The van der Waals surface area contributed by atoms with E-state index in [9.17, 15) is 4.79 Å². The number of likely N-dealkylation sites (tertiary alicyclic amines) is 1. The van der Waals surface area contributed by atoms with Crippen LogP contribution in [0.4, 0.5) is 0 Å². The molecule has 1 N–H and O–H groups in total. The second-order valence-electron chi connectivity index (χ2n) is 4.89. The molecule has 1 aromatic carbocycles. The molecule has 1 heterocycles. The highest BCUT2D eigenvalue weighted by Crippen LogP contribution is 2.18. The Morgan fingerprint density at radius 3 is 2.39 bits per heavy atom. The minimum atomic E-state index is 0.0208. The Kier molecular flexibility index (Phi) is 4.50. The summed E-state index contributed by atoms with van der Waals surface area (Å²) >= 11 is 0. The molecule has 0 aliphatic carbocycles. The second kappa shape index (κ2) is 6.12. The third-order valence-electron chi connectivity index (χ3n) is 3.69. The van der Waals surface area contributed by atoms with E-state index in [4.69, 9.17) is 5.11 Å². The molecule has 0 radical (unpaired) electrons. The van der Waals surface area contributed by atoms with Gasteiger partial charge < -0.3 is 5.11 Å². The summed E-state index contributed by atoms with van der Waals surface area (Å²) in [6.07, 6.45) is 3.26. The van der Waals surface area contributed by atoms with Gasteiger partial charge in [-0.1, -0.05) is 31.2 Å². The molecule has 1 atom stereocenters. The van der Waals surface area contributed by atoms with Crippen LogP contribution >= 0.6 is 0 Å². The number of Topliss-reactive ketones (excluding diaryl/α,β-unsaturated/α-hetero) is 1. The molecule has 0 spiro atoms. The van der Waals surface area contributed by atoms with Crippen molar-refractivity contribution in [3.63, 3.8) is 0 Å². The van der Waals surface area contributed by atoms with Crippen LogP contribution in [0.1, 0.15) is 42.1 Å². The van der Waals surface area contributed by atoms with Crippen LogP contribution in [-0.4, -0.2) is 34.9 Å². The van der Waals surface area contributed by atoms with Crippen LogP contribution in [0.2, 0.25) is 0 Å². The van der Waals surface area contributed by atoms with E-state index < -0.39 is 0 Å². The molecule has 2 rings (SSSR count). The Labute approximate surface area is 108 Å². The lowest BCUT2D eigenvalue weighted by Gasteiger charge is -2.25. The third kappa shape index (κ3) is 2.79. The predicted octanol–water partition coefficient (Wildman–Crippen LogP) is 2.24. The zero-order valence-electron chi connectivity index (χ0n) is 10.9. The number of ketones is 1. The number of nitrogens with zero attached hydrogens (tertiary/aromatic N) is 1. The molecule has 1 aliphatic rings. The van der Waals surface area contributed by atoms with E-state index in [2.05, 4.69) is 11.8 Å². The van der Waals surface area contributed by atoms with Crippen molar-refractivity contribution in [2.24, 2.45) is 0 Å². The first kappa shape index (κ1) is 13.2. The van der Waals surface area contributed by atoms with E-state index in [0.717, 1.165) is 30.6 Å². The summed E-state index contributed by atoms with van der Waals surface area (Å²) < 4.78 is 0. The van der Waals surface area contributed by atoms with E-state index in [0.29, 0.717) is 0 Å². The average molecular weight is 247 g/mol. The summed E-state index contributed by atoms with van der Waals surface area (Å²) in [6, 6.07) is 7.32. The Morgan fingerprint density at radius 1 is 1.28 bits per heavy atom. The van der Waals surface area contributed by atoms with Crippen molar-refractivity contribution in [3.8, 4) is 0 Å². The molecule has 1 aliphatic heterocycles. The fraction of sp³-hybridized carbons (Fsp3) is 0.533. The largest absolute Gasteiger partial charge is 0.392 e. The summed E-state index contributed by atoms with van der Waals surface area (Å²) in [5.74, 6) is 0.212. The van der Waals surface area contributed by atoms with Crippen LogP contribution in [0.25, 0.3) is 0 Å². The lowest BCUT2D eigenvalue weighted by Crippen LogP contribution is -2.38. The van der Waals surface area contributed by atoms with Gasteiger partial charge in [-0.05, 0) is 37.9 Å². The number of carbonyl (C=O) groups is 1. The third-order valence-corrected chi connectivity index (χ3v) is 3.69. The standard InChI is InChI=1S/C15H21NO2/c1-2-14(16-9-3-4-10-16)15(18)13-7-5-12(11-17)6-8-13/h5-8,14,17H,2-4,9-11H2,1H3. The van der Waals surface area contributed by atoms with Gasteiger partial charge in [0.1, 0.15) is 0 Å². The smallest absolute Gasteiger partial charge is 0.179 e. The molecule has 98 valence electrons. The summed E-state index contributed by atoms with van der Waals surface area (Å²) in [7, 11) is 0. The monoisotopic (exact) mass is 247 g/mol. The highest BCUT2D eigenvalue weighted by molar-refractivity contribution is 6.00. The fourth-order valence-corrected chi connectivity index (χ4v) is 2.63. The minimum Gasteiger partial charge on any atom is -0.392 e. The van der Waals surface area contributed by atoms with Gasteiger partial charge in [-0.25, -0.2) is 0 Å². The summed E-state index contributed by atoms with van der Waals surface area (Å²) in [5, 5.41) is 9.00. The van der Waals surface area contributed by atoms with Crippen LogP contribution in [0.3, 0.4) is 0 Å². The molecule has 1 unspecified atom stereocenters. The second-order valence-corrected chi connectivity index (χ2v) is 4.89. The van der Waals surface area contributed by atoms with Crippen LogP contribution in [0.15, 0.2) is 24.3 Å². The van der Waals surface area contributed by atoms with E-state index in [1.807, 2.05) is 24.3 Å². The predicted molar refractivity (Wildman–Crippen MR) is 71.6 cm³/mol. The molecule has 0 amide bonds. The van der Waals surface area contributed by atoms with Crippen molar-refractivity contribution in [3.05, 3.63) is 35.4 Å². The molecule has 18 heavy (non-hydrogen) atoms.